The van der Waals surface area contributed by atoms with Crippen molar-refractivity contribution < 1.29 is 28.8 Å². The van der Waals surface area contributed by atoms with E-state index in [9.17, 15) is 29.3 Å². The van der Waals surface area contributed by atoms with E-state index >= 15 is 0 Å². The fourth-order valence-corrected chi connectivity index (χ4v) is 5.07. The van der Waals surface area contributed by atoms with Crippen LogP contribution in [-0.2, 0) is 9.59 Å². The van der Waals surface area contributed by atoms with Crippen LogP contribution in [0.15, 0.2) is 84.4 Å². The number of benzene rings is 3. The van der Waals surface area contributed by atoms with Crippen molar-refractivity contribution in [2.24, 2.45) is 11.8 Å². The second-order valence-electron chi connectivity index (χ2n) is 9.86. The smallest absolute Gasteiger partial charge is 0.273 e. The molecule has 1 aliphatic carbocycles. The maximum absolute atomic E-state index is 13.6. The number of allylic oxidation sites excluding steroid dienone is 2. The number of hydrogen-bond donors (Lipinski definition) is 0. The first kappa shape index (κ1) is 27.7. The Morgan fingerprint density at radius 2 is 1.49 bits per heavy atom. The Hall–Kier alpha value is -4.83. The van der Waals surface area contributed by atoms with Crippen molar-refractivity contribution in [1.82, 2.24) is 10.0 Å². The average molecular weight is 574 g/mol. The number of fused-ring (bicyclic) bond motifs is 1. The standard InChI is InChI=1S/C30H24ClN3O7/c1-18-2-15-25-26(16-18)30(38)33(29(25)37)32(28(36)20-3-7-21(31)8-4-20)17-27(35)19-5-11-23(12-6-19)41-24-13-9-22(10-14-24)34(39)40/h2-14,25-26H,15-17H2,1H3/t25-,26-/m1/s1. The normalized spacial score (nSPS) is 18.0. The van der Waals surface area contributed by atoms with E-state index < -0.39 is 46.8 Å². The van der Waals surface area contributed by atoms with Crippen molar-refractivity contribution in [3.05, 3.63) is 111 Å². The highest BCUT2D eigenvalue weighted by Crippen LogP contribution is 2.38. The van der Waals surface area contributed by atoms with Gasteiger partial charge in [0.2, 0.25) is 0 Å². The van der Waals surface area contributed by atoms with Crippen LogP contribution in [0.3, 0.4) is 0 Å². The van der Waals surface area contributed by atoms with E-state index in [4.69, 9.17) is 16.3 Å². The number of rotatable bonds is 8. The molecule has 2 aliphatic rings. The van der Waals surface area contributed by atoms with Crippen molar-refractivity contribution in [2.75, 3.05) is 6.54 Å². The lowest BCUT2D eigenvalue weighted by Gasteiger charge is -2.30. The first-order valence-electron chi connectivity index (χ1n) is 12.8. The molecule has 1 saturated heterocycles. The summed E-state index contributed by atoms with van der Waals surface area (Å²) in [5, 5.41) is 13.0. The van der Waals surface area contributed by atoms with Gasteiger partial charge in [0.05, 0.1) is 16.8 Å². The topological polar surface area (TPSA) is 127 Å². The molecule has 0 aromatic heterocycles. The minimum Gasteiger partial charge on any atom is -0.457 e. The van der Waals surface area contributed by atoms with Crippen LogP contribution in [0.2, 0.25) is 5.02 Å². The molecule has 0 bridgehead atoms. The molecule has 0 spiro atoms. The SMILES string of the molecule is CC1=CC[C@H]2C(=O)N(N(CC(=O)c3ccc(Oc4ccc([N+](=O)[O-])cc4)cc3)C(=O)c3ccc(Cl)cc3)C(=O)[C@@H]2C1. The fraction of sp³-hybridized carbons (Fsp3) is 0.200. The molecule has 3 aromatic rings. The number of hydrazine groups is 1. The minimum absolute atomic E-state index is 0.0726. The number of carbonyl (C=O) groups excluding carboxylic acids is 4. The lowest BCUT2D eigenvalue weighted by molar-refractivity contribution is -0.384. The maximum Gasteiger partial charge on any atom is 0.273 e. The third-order valence-corrected chi connectivity index (χ3v) is 7.37. The highest BCUT2D eigenvalue weighted by molar-refractivity contribution is 6.30. The second kappa shape index (κ2) is 11.3. The van der Waals surface area contributed by atoms with Gasteiger partial charge in [0.1, 0.15) is 18.0 Å². The molecule has 3 amide bonds. The predicted molar refractivity (Wildman–Crippen MR) is 148 cm³/mol. The first-order chi connectivity index (χ1) is 19.6. The van der Waals surface area contributed by atoms with E-state index in [1.165, 1.54) is 72.8 Å². The molecule has 0 saturated carbocycles. The van der Waals surface area contributed by atoms with Gasteiger partial charge in [0.15, 0.2) is 5.78 Å². The van der Waals surface area contributed by atoms with Gasteiger partial charge < -0.3 is 4.74 Å². The van der Waals surface area contributed by atoms with Gasteiger partial charge in [-0.25, -0.2) is 5.01 Å². The highest BCUT2D eigenvalue weighted by atomic mass is 35.5. The molecule has 208 valence electrons. The van der Waals surface area contributed by atoms with E-state index in [0.29, 0.717) is 29.4 Å². The molecule has 41 heavy (non-hydrogen) atoms. The molecule has 5 rings (SSSR count). The number of nitro benzene ring substituents is 1. The third kappa shape index (κ3) is 5.73. The summed E-state index contributed by atoms with van der Waals surface area (Å²) >= 11 is 5.97. The van der Waals surface area contributed by atoms with Crippen LogP contribution in [-0.4, -0.2) is 45.0 Å². The summed E-state index contributed by atoms with van der Waals surface area (Å²) in [6.07, 6.45) is 2.73. The largest absolute Gasteiger partial charge is 0.457 e. The molecule has 2 atom stereocenters. The van der Waals surface area contributed by atoms with Gasteiger partial charge in [-0.15, -0.1) is 0 Å². The number of imide groups is 1. The monoisotopic (exact) mass is 573 g/mol. The molecule has 0 radical (unpaired) electrons. The number of ether oxygens (including phenoxy) is 1. The fourth-order valence-electron chi connectivity index (χ4n) is 4.94. The lowest BCUT2D eigenvalue weighted by atomic mass is 9.82. The number of nitrogens with zero attached hydrogens (tertiary/aromatic N) is 3. The summed E-state index contributed by atoms with van der Waals surface area (Å²) < 4.78 is 5.70. The molecular formula is C30H24ClN3O7. The van der Waals surface area contributed by atoms with Crippen LogP contribution in [0, 0.1) is 22.0 Å². The molecule has 10 nitrogen and oxygen atoms in total. The number of hydrogen-bond acceptors (Lipinski definition) is 7. The van der Waals surface area contributed by atoms with Gasteiger partial charge in [-0.2, -0.15) is 5.01 Å². The second-order valence-corrected chi connectivity index (χ2v) is 10.3. The molecule has 1 aliphatic heterocycles. The van der Waals surface area contributed by atoms with Gasteiger partial charge >= 0.3 is 0 Å². The number of halogens is 1. The van der Waals surface area contributed by atoms with Gasteiger partial charge in [-0.3, -0.25) is 29.3 Å². The number of Topliss-reactive ketones (excluding diaryl/α,β-unsaturated/α-hetero) is 1. The van der Waals surface area contributed by atoms with Gasteiger partial charge in [0, 0.05) is 28.3 Å². The van der Waals surface area contributed by atoms with Crippen molar-refractivity contribution in [3.63, 3.8) is 0 Å². The average Bonchev–Trinajstić information content (AvgIpc) is 3.20. The predicted octanol–water partition coefficient (Wildman–Crippen LogP) is 5.62. The number of amides is 3. The zero-order valence-electron chi connectivity index (χ0n) is 21.9. The van der Waals surface area contributed by atoms with E-state index in [-0.39, 0.29) is 16.8 Å². The van der Waals surface area contributed by atoms with Crippen LogP contribution >= 0.6 is 11.6 Å². The Kier molecular flexibility index (Phi) is 7.67. The molecule has 1 fully saturated rings. The van der Waals surface area contributed by atoms with E-state index in [1.54, 1.807) is 0 Å². The van der Waals surface area contributed by atoms with Crippen molar-refractivity contribution in [1.29, 1.82) is 0 Å². The number of ketones is 1. The Balaban J connectivity index is 1.37. The zero-order valence-corrected chi connectivity index (χ0v) is 22.6. The van der Waals surface area contributed by atoms with E-state index in [2.05, 4.69) is 0 Å². The summed E-state index contributed by atoms with van der Waals surface area (Å²) in [7, 11) is 0. The summed E-state index contributed by atoms with van der Waals surface area (Å²) in [4.78, 5) is 64.1. The summed E-state index contributed by atoms with van der Waals surface area (Å²) in [6, 6.07) is 17.6. The van der Waals surface area contributed by atoms with Gasteiger partial charge in [-0.05, 0) is 80.4 Å². The number of carbonyl (C=O) groups is 4. The van der Waals surface area contributed by atoms with E-state index in [1.807, 2.05) is 13.0 Å². The Morgan fingerprint density at radius 1 is 0.927 bits per heavy atom. The molecule has 11 heteroatoms. The van der Waals surface area contributed by atoms with E-state index in [0.717, 1.165) is 15.6 Å². The van der Waals surface area contributed by atoms with Crippen LogP contribution in [0.25, 0.3) is 0 Å². The van der Waals surface area contributed by atoms with Crippen molar-refractivity contribution in [3.8, 4) is 11.5 Å². The summed E-state index contributed by atoms with van der Waals surface area (Å²) in [5.74, 6) is -2.62. The summed E-state index contributed by atoms with van der Waals surface area (Å²) in [5.41, 5.74) is 1.32. The molecular weight excluding hydrogens is 550 g/mol. The van der Waals surface area contributed by atoms with Crippen molar-refractivity contribution in [2.45, 2.75) is 19.8 Å². The van der Waals surface area contributed by atoms with Crippen molar-refractivity contribution >= 4 is 40.8 Å². The Bertz CT molecular complexity index is 1570. The number of non-ortho nitro benzene ring substituents is 1. The first-order valence-corrected chi connectivity index (χ1v) is 13.2. The van der Waals surface area contributed by atoms with Crippen LogP contribution < -0.4 is 4.74 Å². The lowest BCUT2D eigenvalue weighted by Crippen LogP contribution is -2.52. The Labute approximate surface area is 239 Å². The van der Waals surface area contributed by atoms with Crippen LogP contribution in [0.1, 0.15) is 40.5 Å². The quantitative estimate of drug-likeness (QED) is 0.112. The summed E-state index contributed by atoms with van der Waals surface area (Å²) in [6.45, 7) is 1.35. The highest BCUT2D eigenvalue weighted by Gasteiger charge is 2.51. The van der Waals surface area contributed by atoms with Crippen LogP contribution in [0.4, 0.5) is 5.69 Å². The van der Waals surface area contributed by atoms with Crippen LogP contribution in [0.5, 0.6) is 11.5 Å². The Morgan fingerprint density at radius 3 is 2.10 bits per heavy atom. The molecule has 0 N–H and O–H groups in total. The minimum atomic E-state index is -0.682. The molecule has 3 aromatic carbocycles. The number of nitro groups is 1. The van der Waals surface area contributed by atoms with Gasteiger partial charge in [0.25, 0.3) is 23.4 Å². The molecule has 0 unspecified atom stereocenters. The third-order valence-electron chi connectivity index (χ3n) is 7.12. The zero-order chi connectivity index (χ0) is 29.3. The van der Waals surface area contributed by atoms with Gasteiger partial charge in [-0.1, -0.05) is 23.3 Å². The maximum atomic E-state index is 13.6. The molecule has 1 heterocycles.